The van der Waals surface area contributed by atoms with Crippen LogP contribution in [0.5, 0.6) is 0 Å². The summed E-state index contributed by atoms with van der Waals surface area (Å²) in [5.41, 5.74) is -0.0550. The van der Waals surface area contributed by atoms with Gasteiger partial charge in [0.1, 0.15) is 5.82 Å². The zero-order chi connectivity index (χ0) is 13.6. The number of amides is 1. The van der Waals surface area contributed by atoms with Gasteiger partial charge in [-0.3, -0.25) is 4.79 Å². The van der Waals surface area contributed by atoms with Crippen LogP contribution in [0, 0.1) is 0 Å². The van der Waals surface area contributed by atoms with Crippen molar-refractivity contribution in [3.05, 3.63) is 12.1 Å². The van der Waals surface area contributed by atoms with Crippen molar-refractivity contribution in [3.63, 3.8) is 0 Å². The summed E-state index contributed by atoms with van der Waals surface area (Å²) in [6.45, 7) is 8.21. The summed E-state index contributed by atoms with van der Waals surface area (Å²) in [5.74, 6) is 1.19. The number of hydrogen-bond donors (Lipinski definition) is 2. The third-order valence-corrected chi connectivity index (χ3v) is 2.19. The van der Waals surface area contributed by atoms with E-state index in [9.17, 15) is 4.79 Å². The first kappa shape index (κ1) is 14.4. The maximum absolute atomic E-state index is 11.5. The minimum Gasteiger partial charge on any atom is -0.364 e. The number of nitrogens with zero attached hydrogens (tertiary/aromatic N) is 2. The maximum atomic E-state index is 11.5. The van der Waals surface area contributed by atoms with Crippen molar-refractivity contribution in [1.82, 2.24) is 10.2 Å². The van der Waals surface area contributed by atoms with E-state index in [4.69, 9.17) is 0 Å². The molecule has 1 heterocycles. The number of carbonyl (C=O) groups excluding carboxylic acids is 1. The zero-order valence-electron chi connectivity index (χ0n) is 11.6. The minimum absolute atomic E-state index is 0.0114. The van der Waals surface area contributed by atoms with Crippen LogP contribution >= 0.6 is 0 Å². The average molecular weight is 250 g/mol. The van der Waals surface area contributed by atoms with E-state index in [1.807, 2.05) is 6.07 Å². The first-order valence-corrected chi connectivity index (χ1v) is 6.32. The molecule has 0 unspecified atom stereocenters. The highest BCUT2D eigenvalue weighted by Gasteiger charge is 2.10. The fourth-order valence-corrected chi connectivity index (χ4v) is 1.39. The molecular weight excluding hydrogens is 228 g/mol. The number of anilines is 2. The zero-order valence-corrected chi connectivity index (χ0v) is 11.6. The number of carbonyl (C=O) groups is 1. The second-order valence-corrected chi connectivity index (χ2v) is 5.33. The van der Waals surface area contributed by atoms with Crippen LogP contribution < -0.4 is 10.6 Å². The highest BCUT2D eigenvalue weighted by atomic mass is 16.1. The smallest absolute Gasteiger partial charge is 0.225 e. The number of unbranched alkanes of at least 4 members (excludes halogenated alkanes) is 1. The first-order valence-electron chi connectivity index (χ1n) is 6.32. The molecular formula is C13H22N4O. The number of rotatable bonds is 5. The third kappa shape index (κ3) is 5.61. The van der Waals surface area contributed by atoms with E-state index in [2.05, 4.69) is 48.5 Å². The summed E-state index contributed by atoms with van der Waals surface area (Å²) in [5, 5.41) is 13.9. The predicted octanol–water partition coefficient (Wildman–Crippen LogP) is 2.82. The molecule has 0 fully saturated rings. The molecule has 0 bridgehead atoms. The van der Waals surface area contributed by atoms with E-state index in [0.717, 1.165) is 12.8 Å². The standard InChI is InChI=1S/C13H22N4O/c1-5-6-7-12(18)14-10-8-9-11(17-16-10)15-13(2,3)4/h8-9H,5-7H2,1-4H3,(H,15,17)(H,14,16,18). The number of hydrogen-bond acceptors (Lipinski definition) is 4. The lowest BCUT2D eigenvalue weighted by Crippen LogP contribution is -2.26. The Bertz CT molecular complexity index is 381. The van der Waals surface area contributed by atoms with Gasteiger partial charge in [-0.1, -0.05) is 13.3 Å². The monoisotopic (exact) mass is 250 g/mol. The molecule has 0 aliphatic carbocycles. The highest BCUT2D eigenvalue weighted by Crippen LogP contribution is 2.12. The topological polar surface area (TPSA) is 66.9 Å². The van der Waals surface area contributed by atoms with Gasteiger partial charge in [-0.25, -0.2) is 0 Å². The van der Waals surface area contributed by atoms with E-state index in [1.54, 1.807) is 6.07 Å². The summed E-state index contributed by atoms with van der Waals surface area (Å²) in [6.07, 6.45) is 2.43. The van der Waals surface area contributed by atoms with Gasteiger partial charge < -0.3 is 10.6 Å². The third-order valence-electron chi connectivity index (χ3n) is 2.19. The Hall–Kier alpha value is -1.65. The molecule has 5 nitrogen and oxygen atoms in total. The Balaban J connectivity index is 2.52. The van der Waals surface area contributed by atoms with Crippen LogP contribution in [-0.4, -0.2) is 21.6 Å². The molecule has 0 aliphatic rings. The molecule has 0 spiro atoms. The van der Waals surface area contributed by atoms with Gasteiger partial charge in [-0.15, -0.1) is 10.2 Å². The van der Waals surface area contributed by atoms with Gasteiger partial charge in [0.15, 0.2) is 5.82 Å². The van der Waals surface area contributed by atoms with Crippen LogP contribution in [0.25, 0.3) is 0 Å². The van der Waals surface area contributed by atoms with Crippen LogP contribution in [0.15, 0.2) is 12.1 Å². The Morgan fingerprint density at radius 2 is 1.83 bits per heavy atom. The Morgan fingerprint density at radius 3 is 2.33 bits per heavy atom. The van der Waals surface area contributed by atoms with Gasteiger partial charge in [0.05, 0.1) is 0 Å². The first-order chi connectivity index (χ1) is 8.40. The predicted molar refractivity (Wildman–Crippen MR) is 73.6 cm³/mol. The molecule has 0 aliphatic heterocycles. The molecule has 1 aromatic heterocycles. The van der Waals surface area contributed by atoms with E-state index in [0.29, 0.717) is 18.1 Å². The van der Waals surface area contributed by atoms with E-state index in [-0.39, 0.29) is 11.4 Å². The van der Waals surface area contributed by atoms with Gasteiger partial charge in [-0.2, -0.15) is 0 Å². The Morgan fingerprint density at radius 1 is 1.22 bits per heavy atom. The second kappa shape index (κ2) is 6.33. The van der Waals surface area contributed by atoms with E-state index >= 15 is 0 Å². The molecule has 0 atom stereocenters. The lowest BCUT2D eigenvalue weighted by molar-refractivity contribution is -0.116. The van der Waals surface area contributed by atoms with Crippen LogP contribution in [0.4, 0.5) is 11.6 Å². The second-order valence-electron chi connectivity index (χ2n) is 5.33. The van der Waals surface area contributed by atoms with Crippen molar-refractivity contribution in [1.29, 1.82) is 0 Å². The van der Waals surface area contributed by atoms with Gasteiger partial charge >= 0.3 is 0 Å². The van der Waals surface area contributed by atoms with Crippen molar-refractivity contribution in [2.75, 3.05) is 10.6 Å². The van der Waals surface area contributed by atoms with Crippen molar-refractivity contribution in [3.8, 4) is 0 Å². The van der Waals surface area contributed by atoms with Gasteiger partial charge in [0.25, 0.3) is 0 Å². The van der Waals surface area contributed by atoms with Gasteiger partial charge in [-0.05, 0) is 39.3 Å². The molecule has 1 rings (SSSR count). The SMILES string of the molecule is CCCCC(=O)Nc1ccc(NC(C)(C)C)nn1. The van der Waals surface area contributed by atoms with Gasteiger partial charge in [0, 0.05) is 12.0 Å². The van der Waals surface area contributed by atoms with E-state index in [1.165, 1.54) is 0 Å². The van der Waals surface area contributed by atoms with Crippen molar-refractivity contribution < 1.29 is 4.79 Å². The molecule has 100 valence electrons. The number of aromatic nitrogens is 2. The van der Waals surface area contributed by atoms with Gasteiger partial charge in [0.2, 0.25) is 5.91 Å². The molecule has 1 aromatic rings. The Labute approximate surface area is 108 Å². The normalized spacial score (nSPS) is 11.1. The van der Waals surface area contributed by atoms with Crippen LogP contribution in [0.1, 0.15) is 47.0 Å². The fourth-order valence-electron chi connectivity index (χ4n) is 1.39. The molecule has 0 radical (unpaired) electrons. The molecule has 2 N–H and O–H groups in total. The summed E-state index contributed by atoms with van der Waals surface area (Å²) >= 11 is 0. The van der Waals surface area contributed by atoms with Crippen LogP contribution in [0.2, 0.25) is 0 Å². The summed E-state index contributed by atoms with van der Waals surface area (Å²) in [7, 11) is 0. The quantitative estimate of drug-likeness (QED) is 0.843. The largest absolute Gasteiger partial charge is 0.364 e. The van der Waals surface area contributed by atoms with Crippen molar-refractivity contribution in [2.45, 2.75) is 52.5 Å². The van der Waals surface area contributed by atoms with Crippen LogP contribution in [-0.2, 0) is 4.79 Å². The molecule has 18 heavy (non-hydrogen) atoms. The number of nitrogens with one attached hydrogen (secondary N) is 2. The summed E-state index contributed by atoms with van der Waals surface area (Å²) in [6, 6.07) is 3.57. The summed E-state index contributed by atoms with van der Waals surface area (Å²) in [4.78, 5) is 11.5. The molecule has 0 saturated carbocycles. The molecule has 1 amide bonds. The van der Waals surface area contributed by atoms with Crippen molar-refractivity contribution in [2.24, 2.45) is 0 Å². The Kier molecular flexibility index (Phi) is 5.07. The van der Waals surface area contributed by atoms with Crippen molar-refractivity contribution >= 4 is 17.5 Å². The maximum Gasteiger partial charge on any atom is 0.225 e. The summed E-state index contributed by atoms with van der Waals surface area (Å²) < 4.78 is 0. The minimum atomic E-state index is -0.0550. The molecule has 5 heteroatoms. The average Bonchev–Trinajstić information content (AvgIpc) is 2.27. The lowest BCUT2D eigenvalue weighted by Gasteiger charge is -2.20. The highest BCUT2D eigenvalue weighted by molar-refractivity contribution is 5.89. The lowest BCUT2D eigenvalue weighted by atomic mass is 10.1. The van der Waals surface area contributed by atoms with E-state index < -0.39 is 0 Å². The fraction of sp³-hybridized carbons (Fsp3) is 0.615. The molecule has 0 saturated heterocycles. The molecule has 0 aromatic carbocycles. The van der Waals surface area contributed by atoms with Crippen LogP contribution in [0.3, 0.4) is 0 Å².